The average Bonchev–Trinajstić information content (AvgIpc) is 2.91. The monoisotopic (exact) mass is 355 g/mol. The van der Waals surface area contributed by atoms with E-state index in [1.807, 2.05) is 0 Å². The van der Waals surface area contributed by atoms with Crippen LogP contribution in [0.5, 0.6) is 0 Å². The Bertz CT molecular complexity index is 756. The molecule has 6 heteroatoms. The number of H-pyrrole nitrogens is 1. The molecule has 2 heterocycles. The van der Waals surface area contributed by atoms with Gasteiger partial charge in [0, 0.05) is 18.7 Å². The Labute approximate surface area is 145 Å². The van der Waals surface area contributed by atoms with E-state index in [1.54, 1.807) is 12.1 Å². The van der Waals surface area contributed by atoms with E-state index < -0.39 is 5.79 Å². The second-order valence-electron chi connectivity index (χ2n) is 5.81. The molecule has 1 unspecified atom stereocenters. The molecule has 1 aliphatic heterocycles. The van der Waals surface area contributed by atoms with Gasteiger partial charge in [-0.25, -0.2) is 0 Å². The van der Waals surface area contributed by atoms with E-state index in [0.717, 1.165) is 35.0 Å². The van der Waals surface area contributed by atoms with Gasteiger partial charge < -0.3 is 14.5 Å². The number of nitrogens with one attached hydrogen (secondary N) is 1. The van der Waals surface area contributed by atoms with Gasteiger partial charge >= 0.3 is 5.97 Å². The van der Waals surface area contributed by atoms with E-state index in [-0.39, 0.29) is 5.97 Å². The van der Waals surface area contributed by atoms with Crippen molar-refractivity contribution >= 4 is 40.1 Å². The lowest BCUT2D eigenvalue weighted by molar-refractivity contribution is -0.248. The molecule has 1 aromatic carbocycles. The van der Waals surface area contributed by atoms with Crippen molar-refractivity contribution in [2.45, 2.75) is 45.3 Å². The highest BCUT2D eigenvalue weighted by Gasteiger charge is 2.43. The summed E-state index contributed by atoms with van der Waals surface area (Å²) >= 11 is 12.7. The summed E-state index contributed by atoms with van der Waals surface area (Å²) in [5.74, 6) is -1.45. The van der Waals surface area contributed by atoms with Crippen LogP contribution in [0.3, 0.4) is 0 Å². The molecule has 1 atom stereocenters. The molecule has 1 aromatic heterocycles. The average molecular weight is 356 g/mol. The molecule has 4 nitrogen and oxygen atoms in total. The normalized spacial score (nSPS) is 20.5. The fourth-order valence-corrected chi connectivity index (χ4v) is 3.71. The summed E-state index contributed by atoms with van der Waals surface area (Å²) in [6.07, 6.45) is 3.15. The summed E-state index contributed by atoms with van der Waals surface area (Å²) < 4.78 is 11.6. The lowest BCUT2D eigenvalue weighted by atomic mass is 9.96. The van der Waals surface area contributed by atoms with Crippen molar-refractivity contribution in [2.24, 2.45) is 0 Å². The summed E-state index contributed by atoms with van der Waals surface area (Å²) in [6, 6.07) is 3.55. The topological polar surface area (TPSA) is 51.3 Å². The number of carbonyl (C=O) groups is 1. The summed E-state index contributed by atoms with van der Waals surface area (Å²) in [7, 11) is 0. The molecule has 1 N–H and O–H groups in total. The number of hydrogen-bond donors (Lipinski definition) is 1. The van der Waals surface area contributed by atoms with Gasteiger partial charge in [-0.3, -0.25) is 4.79 Å². The van der Waals surface area contributed by atoms with Crippen LogP contribution in [-0.4, -0.2) is 17.6 Å². The molecule has 2 aromatic rings. The first-order valence-corrected chi connectivity index (χ1v) is 8.56. The molecule has 0 saturated carbocycles. The second-order valence-corrected chi connectivity index (χ2v) is 6.62. The number of halogens is 2. The molecule has 0 radical (unpaired) electrons. The van der Waals surface area contributed by atoms with Crippen LogP contribution in [0, 0.1) is 0 Å². The highest BCUT2D eigenvalue weighted by molar-refractivity contribution is 6.40. The third kappa shape index (κ3) is 2.84. The Morgan fingerprint density at radius 3 is 2.83 bits per heavy atom. The van der Waals surface area contributed by atoms with E-state index in [0.29, 0.717) is 29.5 Å². The fraction of sp³-hybridized carbons (Fsp3) is 0.471. The first-order valence-electron chi connectivity index (χ1n) is 7.81. The van der Waals surface area contributed by atoms with Gasteiger partial charge in [0.2, 0.25) is 0 Å². The maximum absolute atomic E-state index is 11.7. The van der Waals surface area contributed by atoms with Gasteiger partial charge in [0.05, 0.1) is 27.9 Å². The molecule has 1 aliphatic rings. The molecule has 0 spiro atoms. The van der Waals surface area contributed by atoms with Crippen LogP contribution >= 0.6 is 23.2 Å². The summed E-state index contributed by atoms with van der Waals surface area (Å²) in [6.45, 7) is 3.96. The van der Waals surface area contributed by atoms with Crippen molar-refractivity contribution in [3.05, 3.63) is 33.4 Å². The van der Waals surface area contributed by atoms with Gasteiger partial charge in [-0.2, -0.15) is 0 Å². The fourth-order valence-electron chi connectivity index (χ4n) is 3.23. The summed E-state index contributed by atoms with van der Waals surface area (Å²) in [4.78, 5) is 15.0. The first kappa shape index (κ1) is 16.6. The summed E-state index contributed by atoms with van der Waals surface area (Å²) in [5, 5.41) is 2.12. The van der Waals surface area contributed by atoms with Gasteiger partial charge in [-0.15, -0.1) is 0 Å². The minimum atomic E-state index is -1.08. The zero-order chi connectivity index (χ0) is 16.6. The Morgan fingerprint density at radius 2 is 2.13 bits per heavy atom. The third-order valence-electron chi connectivity index (χ3n) is 4.19. The molecule has 0 saturated heterocycles. The number of carbonyl (C=O) groups excluding carboxylic acids is 1. The molecule has 0 amide bonds. The van der Waals surface area contributed by atoms with E-state index >= 15 is 0 Å². The van der Waals surface area contributed by atoms with Gasteiger partial charge in [-0.1, -0.05) is 36.5 Å². The molecule has 0 aliphatic carbocycles. The quantitative estimate of drug-likeness (QED) is 0.789. The Morgan fingerprint density at radius 1 is 1.39 bits per heavy atom. The Hall–Kier alpha value is -1.23. The lowest BCUT2D eigenvalue weighted by Gasteiger charge is -2.36. The van der Waals surface area contributed by atoms with Crippen LogP contribution in [0.2, 0.25) is 10.0 Å². The minimum Gasteiger partial charge on any atom is -0.427 e. The van der Waals surface area contributed by atoms with Crippen LogP contribution < -0.4 is 0 Å². The molecule has 3 rings (SSSR count). The zero-order valence-corrected chi connectivity index (χ0v) is 14.7. The molecule has 23 heavy (non-hydrogen) atoms. The van der Waals surface area contributed by atoms with E-state index in [9.17, 15) is 4.79 Å². The summed E-state index contributed by atoms with van der Waals surface area (Å²) in [5.41, 5.74) is 2.55. The minimum absolute atomic E-state index is 0.371. The van der Waals surface area contributed by atoms with Crippen molar-refractivity contribution < 1.29 is 14.3 Å². The highest BCUT2D eigenvalue weighted by Crippen LogP contribution is 2.44. The number of ether oxygens (including phenoxy) is 2. The number of rotatable bonds is 4. The van der Waals surface area contributed by atoms with Gasteiger partial charge in [0.1, 0.15) is 0 Å². The number of unbranched alkanes of at least 4 members (excludes halogenated alkanes) is 1. The van der Waals surface area contributed by atoms with E-state index in [4.69, 9.17) is 32.7 Å². The maximum Gasteiger partial charge on any atom is 0.305 e. The predicted octanol–water partition coefficient (Wildman–Crippen LogP) is 4.95. The first-order chi connectivity index (χ1) is 11.0. The van der Waals surface area contributed by atoms with Gasteiger partial charge in [0.15, 0.2) is 0 Å². The van der Waals surface area contributed by atoms with Crippen LogP contribution in [0.1, 0.15) is 44.4 Å². The second kappa shape index (κ2) is 6.34. The molecular formula is C17H19Cl2NO3. The lowest BCUT2D eigenvalue weighted by Crippen LogP contribution is -2.39. The predicted molar refractivity (Wildman–Crippen MR) is 90.9 cm³/mol. The van der Waals surface area contributed by atoms with Crippen LogP contribution in [0.15, 0.2) is 12.1 Å². The molecule has 0 fully saturated rings. The van der Waals surface area contributed by atoms with Crippen molar-refractivity contribution in [1.82, 2.24) is 4.98 Å². The number of hydrogen-bond acceptors (Lipinski definition) is 3. The molecular weight excluding hydrogens is 337 g/mol. The van der Waals surface area contributed by atoms with E-state index in [2.05, 4.69) is 11.9 Å². The molecule has 0 bridgehead atoms. The third-order valence-corrected chi connectivity index (χ3v) is 4.82. The van der Waals surface area contributed by atoms with Crippen molar-refractivity contribution in [2.75, 3.05) is 6.61 Å². The maximum atomic E-state index is 11.7. The highest BCUT2D eigenvalue weighted by atomic mass is 35.5. The zero-order valence-electron chi connectivity index (χ0n) is 13.2. The SMILES string of the molecule is CCCCC1(OC(C)=O)OCCc2c1[nH]c1c(Cl)ccc(Cl)c21. The van der Waals surface area contributed by atoms with Crippen LogP contribution in [-0.2, 0) is 26.5 Å². The number of benzene rings is 1. The molecule has 124 valence electrons. The van der Waals surface area contributed by atoms with Crippen LogP contribution in [0.4, 0.5) is 0 Å². The van der Waals surface area contributed by atoms with Gasteiger partial charge in [0.25, 0.3) is 5.79 Å². The standard InChI is InChI=1S/C17H19Cl2NO3/c1-3-4-8-17(23-10(2)21)16-11(7-9-22-17)14-12(18)5-6-13(19)15(14)20-16/h5-6,20H,3-4,7-9H2,1-2H3. The Kier molecular flexibility index (Phi) is 4.59. The van der Waals surface area contributed by atoms with Crippen molar-refractivity contribution in [3.8, 4) is 0 Å². The number of fused-ring (bicyclic) bond motifs is 3. The largest absolute Gasteiger partial charge is 0.427 e. The smallest absolute Gasteiger partial charge is 0.305 e. The Balaban J connectivity index is 2.22. The number of aromatic nitrogens is 1. The number of aromatic amines is 1. The number of esters is 1. The van der Waals surface area contributed by atoms with Crippen molar-refractivity contribution in [3.63, 3.8) is 0 Å². The van der Waals surface area contributed by atoms with Gasteiger partial charge in [-0.05, 0) is 30.5 Å². The van der Waals surface area contributed by atoms with Crippen molar-refractivity contribution in [1.29, 1.82) is 0 Å². The van der Waals surface area contributed by atoms with Crippen LogP contribution in [0.25, 0.3) is 10.9 Å². The van der Waals surface area contributed by atoms with E-state index in [1.165, 1.54) is 6.92 Å².